The number of rotatable bonds is 4. The maximum Gasteiger partial charge on any atom is 0.336 e. The Labute approximate surface area is 148 Å². The summed E-state index contributed by atoms with van der Waals surface area (Å²) in [5, 5.41) is 3.57. The van der Waals surface area contributed by atoms with Crippen LogP contribution < -0.4 is 5.63 Å². The van der Waals surface area contributed by atoms with Gasteiger partial charge in [-0.3, -0.25) is 0 Å². The molecule has 5 nitrogen and oxygen atoms in total. The standard InChI is InChI=1S/C19H17NO4S/c1-11-4-6-16-14(8-18(22)24-19(16)12(11)2)9-23-17(21)7-5-15-10-25-13(3)20-15/h4-8,10H,9H2,1-3H3/b7-5+. The molecule has 1 aromatic carbocycles. The summed E-state index contributed by atoms with van der Waals surface area (Å²) in [5.41, 5.74) is 3.36. The minimum Gasteiger partial charge on any atom is -0.458 e. The van der Waals surface area contributed by atoms with Crippen LogP contribution in [0.4, 0.5) is 0 Å². The highest BCUT2D eigenvalue weighted by molar-refractivity contribution is 7.09. The summed E-state index contributed by atoms with van der Waals surface area (Å²) < 4.78 is 10.6. The number of benzene rings is 1. The molecule has 0 spiro atoms. The van der Waals surface area contributed by atoms with Gasteiger partial charge in [0.2, 0.25) is 0 Å². The van der Waals surface area contributed by atoms with Crippen molar-refractivity contribution in [2.24, 2.45) is 0 Å². The van der Waals surface area contributed by atoms with Gasteiger partial charge in [-0.25, -0.2) is 14.6 Å². The summed E-state index contributed by atoms with van der Waals surface area (Å²) in [6.07, 6.45) is 2.94. The summed E-state index contributed by atoms with van der Waals surface area (Å²) in [5.74, 6) is -0.490. The van der Waals surface area contributed by atoms with Crippen LogP contribution in [0.3, 0.4) is 0 Å². The molecule has 0 radical (unpaired) electrons. The van der Waals surface area contributed by atoms with Crippen molar-refractivity contribution in [2.45, 2.75) is 27.4 Å². The van der Waals surface area contributed by atoms with E-state index in [0.29, 0.717) is 11.1 Å². The maximum atomic E-state index is 11.9. The first-order valence-corrected chi connectivity index (χ1v) is 8.62. The first-order valence-electron chi connectivity index (χ1n) is 7.74. The van der Waals surface area contributed by atoms with E-state index in [1.807, 2.05) is 38.3 Å². The van der Waals surface area contributed by atoms with E-state index >= 15 is 0 Å². The van der Waals surface area contributed by atoms with E-state index in [2.05, 4.69) is 4.98 Å². The Kier molecular flexibility index (Phi) is 4.81. The van der Waals surface area contributed by atoms with E-state index in [0.717, 1.165) is 27.2 Å². The van der Waals surface area contributed by atoms with Gasteiger partial charge in [0.1, 0.15) is 12.2 Å². The molecule has 0 saturated heterocycles. The number of hydrogen-bond donors (Lipinski definition) is 0. The van der Waals surface area contributed by atoms with Crippen LogP contribution >= 0.6 is 11.3 Å². The maximum absolute atomic E-state index is 11.9. The van der Waals surface area contributed by atoms with Crippen LogP contribution in [0.1, 0.15) is 27.4 Å². The largest absolute Gasteiger partial charge is 0.458 e. The lowest BCUT2D eigenvalue weighted by Crippen LogP contribution is -2.06. The molecule has 0 unspecified atom stereocenters. The zero-order valence-corrected chi connectivity index (χ0v) is 15.0. The molecule has 0 saturated carbocycles. The number of aryl methyl sites for hydroxylation is 3. The molecule has 3 rings (SSSR count). The van der Waals surface area contributed by atoms with E-state index in [1.54, 1.807) is 6.08 Å². The SMILES string of the molecule is Cc1nc(/C=C/C(=O)OCc2cc(=O)oc3c(C)c(C)ccc23)cs1. The Balaban J connectivity index is 1.79. The van der Waals surface area contributed by atoms with Crippen molar-refractivity contribution >= 4 is 34.4 Å². The van der Waals surface area contributed by atoms with Crippen molar-refractivity contribution in [3.63, 3.8) is 0 Å². The highest BCUT2D eigenvalue weighted by Crippen LogP contribution is 2.23. The second kappa shape index (κ2) is 7.03. The Bertz CT molecular complexity index is 1030. The van der Waals surface area contributed by atoms with Crippen LogP contribution in [-0.4, -0.2) is 11.0 Å². The van der Waals surface area contributed by atoms with Crippen LogP contribution in [0, 0.1) is 20.8 Å². The van der Waals surface area contributed by atoms with Gasteiger partial charge in [-0.1, -0.05) is 12.1 Å². The molecule has 0 fully saturated rings. The van der Waals surface area contributed by atoms with Crippen LogP contribution in [0.15, 0.2) is 38.9 Å². The van der Waals surface area contributed by atoms with Crippen LogP contribution in [0.5, 0.6) is 0 Å². The lowest BCUT2D eigenvalue weighted by Gasteiger charge is -2.09. The van der Waals surface area contributed by atoms with Crippen LogP contribution in [-0.2, 0) is 16.1 Å². The van der Waals surface area contributed by atoms with Gasteiger partial charge in [0, 0.05) is 28.5 Å². The molecule has 2 heterocycles. The second-order valence-electron chi connectivity index (χ2n) is 5.71. The second-order valence-corrected chi connectivity index (χ2v) is 6.77. The van der Waals surface area contributed by atoms with Crippen LogP contribution in [0.25, 0.3) is 17.0 Å². The summed E-state index contributed by atoms with van der Waals surface area (Å²) in [7, 11) is 0. The fourth-order valence-electron chi connectivity index (χ4n) is 2.45. The molecule has 0 bridgehead atoms. The van der Waals surface area contributed by atoms with Crippen molar-refractivity contribution in [1.29, 1.82) is 0 Å². The summed E-state index contributed by atoms with van der Waals surface area (Å²) >= 11 is 1.51. The van der Waals surface area contributed by atoms with Gasteiger partial charge < -0.3 is 9.15 Å². The van der Waals surface area contributed by atoms with Crippen molar-refractivity contribution in [1.82, 2.24) is 4.98 Å². The molecule has 0 N–H and O–H groups in total. The Morgan fingerprint density at radius 3 is 2.84 bits per heavy atom. The van der Waals surface area contributed by atoms with Gasteiger partial charge in [0.05, 0.1) is 10.7 Å². The lowest BCUT2D eigenvalue weighted by molar-refractivity contribution is -0.138. The number of hydrogen-bond acceptors (Lipinski definition) is 6. The molecule has 6 heteroatoms. The quantitative estimate of drug-likeness (QED) is 0.403. The molecule has 0 atom stereocenters. The topological polar surface area (TPSA) is 69.4 Å². The van der Waals surface area contributed by atoms with Gasteiger partial charge in [0.25, 0.3) is 0 Å². The molecule has 0 amide bonds. The molecule has 3 aromatic rings. The fraction of sp³-hybridized carbons (Fsp3) is 0.211. The monoisotopic (exact) mass is 355 g/mol. The third-order valence-corrected chi connectivity index (χ3v) is 4.71. The smallest absolute Gasteiger partial charge is 0.336 e. The third-order valence-electron chi connectivity index (χ3n) is 3.91. The first-order chi connectivity index (χ1) is 11.9. The lowest BCUT2D eigenvalue weighted by atomic mass is 10.0. The molecular weight excluding hydrogens is 338 g/mol. The molecule has 0 aliphatic heterocycles. The Morgan fingerprint density at radius 1 is 1.32 bits per heavy atom. The van der Waals surface area contributed by atoms with E-state index in [9.17, 15) is 9.59 Å². The Hall–Kier alpha value is -2.73. The number of aromatic nitrogens is 1. The number of carbonyl (C=O) groups is 1. The summed E-state index contributed by atoms with van der Waals surface area (Å²) in [6, 6.07) is 5.18. The van der Waals surface area contributed by atoms with Crippen LogP contribution in [0.2, 0.25) is 0 Å². The van der Waals surface area contributed by atoms with E-state index in [1.165, 1.54) is 23.5 Å². The summed E-state index contributed by atoms with van der Waals surface area (Å²) in [6.45, 7) is 5.75. The number of ether oxygens (including phenoxy) is 1. The van der Waals surface area contributed by atoms with Crippen molar-refractivity contribution in [3.8, 4) is 0 Å². The molecular formula is C19H17NO4S. The van der Waals surface area contributed by atoms with Gasteiger partial charge in [-0.15, -0.1) is 11.3 Å². The minimum atomic E-state index is -0.490. The number of esters is 1. The van der Waals surface area contributed by atoms with Crippen molar-refractivity contribution in [3.05, 3.63) is 67.5 Å². The molecule has 0 aliphatic carbocycles. The zero-order valence-electron chi connectivity index (χ0n) is 14.2. The van der Waals surface area contributed by atoms with Crippen molar-refractivity contribution in [2.75, 3.05) is 0 Å². The number of fused-ring (bicyclic) bond motifs is 1. The van der Waals surface area contributed by atoms with E-state index in [4.69, 9.17) is 9.15 Å². The number of nitrogens with zero attached hydrogens (tertiary/aromatic N) is 1. The summed E-state index contributed by atoms with van der Waals surface area (Å²) in [4.78, 5) is 27.9. The number of carbonyl (C=O) groups excluding carboxylic acids is 1. The predicted octanol–water partition coefficient (Wildman–Crippen LogP) is 3.93. The molecule has 2 aromatic heterocycles. The average molecular weight is 355 g/mol. The molecule has 0 aliphatic rings. The van der Waals surface area contributed by atoms with Gasteiger partial charge in [-0.2, -0.15) is 0 Å². The zero-order chi connectivity index (χ0) is 18.0. The number of thiazole rings is 1. The minimum absolute atomic E-state index is 0.00384. The average Bonchev–Trinajstić information content (AvgIpc) is 3.00. The predicted molar refractivity (Wildman–Crippen MR) is 97.6 cm³/mol. The Morgan fingerprint density at radius 2 is 2.12 bits per heavy atom. The van der Waals surface area contributed by atoms with E-state index in [-0.39, 0.29) is 6.61 Å². The van der Waals surface area contributed by atoms with Crippen molar-refractivity contribution < 1.29 is 13.9 Å². The first kappa shape index (κ1) is 17.1. The van der Waals surface area contributed by atoms with Gasteiger partial charge >= 0.3 is 11.6 Å². The molecule has 128 valence electrons. The van der Waals surface area contributed by atoms with E-state index < -0.39 is 11.6 Å². The third kappa shape index (κ3) is 3.85. The molecule has 25 heavy (non-hydrogen) atoms. The van der Waals surface area contributed by atoms with Gasteiger partial charge in [0.15, 0.2) is 0 Å². The van der Waals surface area contributed by atoms with Gasteiger partial charge in [-0.05, 0) is 38.0 Å². The highest BCUT2D eigenvalue weighted by atomic mass is 32.1. The normalized spacial score (nSPS) is 11.3. The highest BCUT2D eigenvalue weighted by Gasteiger charge is 2.11. The fourth-order valence-corrected chi connectivity index (χ4v) is 3.03.